The Morgan fingerprint density at radius 3 is 2.69 bits per heavy atom. The predicted molar refractivity (Wildman–Crippen MR) is 66.7 cm³/mol. The molecule has 0 spiro atoms. The predicted octanol–water partition coefficient (Wildman–Crippen LogP) is 2.23. The van der Waals surface area contributed by atoms with Crippen LogP contribution in [0.4, 0.5) is 0 Å². The Balaban J connectivity index is 2.99. The molecule has 1 heterocycles. The standard InChI is InChI=1S/C12H24N4/c1-5-8-16-9-7-14-11(16)10(15-13)12(3,4)6-2/h7,9-10,15H,5-6,8,13H2,1-4H3. The van der Waals surface area contributed by atoms with Gasteiger partial charge in [-0.2, -0.15) is 0 Å². The quantitative estimate of drug-likeness (QED) is 0.575. The fourth-order valence-electron chi connectivity index (χ4n) is 1.86. The summed E-state index contributed by atoms with van der Waals surface area (Å²) in [6.45, 7) is 9.76. The molecule has 0 aliphatic rings. The fraction of sp³-hybridized carbons (Fsp3) is 0.750. The molecule has 1 aromatic heterocycles. The first-order valence-electron chi connectivity index (χ1n) is 6.04. The molecule has 4 nitrogen and oxygen atoms in total. The number of aryl methyl sites for hydroxylation is 1. The molecule has 1 unspecified atom stereocenters. The average molecular weight is 224 g/mol. The molecule has 16 heavy (non-hydrogen) atoms. The minimum Gasteiger partial charge on any atom is -0.334 e. The van der Waals surface area contributed by atoms with Crippen LogP contribution in [0.1, 0.15) is 52.4 Å². The van der Waals surface area contributed by atoms with Crippen molar-refractivity contribution in [3.05, 3.63) is 18.2 Å². The van der Waals surface area contributed by atoms with Gasteiger partial charge >= 0.3 is 0 Å². The van der Waals surface area contributed by atoms with Crippen molar-refractivity contribution in [1.29, 1.82) is 0 Å². The first-order chi connectivity index (χ1) is 7.56. The number of hydrazine groups is 1. The van der Waals surface area contributed by atoms with E-state index in [1.165, 1.54) is 0 Å². The van der Waals surface area contributed by atoms with E-state index < -0.39 is 0 Å². The summed E-state index contributed by atoms with van der Waals surface area (Å²) in [6.07, 6.45) is 6.03. The van der Waals surface area contributed by atoms with E-state index in [9.17, 15) is 0 Å². The van der Waals surface area contributed by atoms with E-state index in [2.05, 4.69) is 42.7 Å². The maximum atomic E-state index is 5.69. The van der Waals surface area contributed by atoms with Gasteiger partial charge in [-0.05, 0) is 18.3 Å². The van der Waals surface area contributed by atoms with Crippen molar-refractivity contribution in [1.82, 2.24) is 15.0 Å². The van der Waals surface area contributed by atoms with Crippen molar-refractivity contribution < 1.29 is 0 Å². The van der Waals surface area contributed by atoms with E-state index in [1.54, 1.807) is 0 Å². The average Bonchev–Trinajstić information content (AvgIpc) is 2.68. The van der Waals surface area contributed by atoms with Crippen LogP contribution in [-0.2, 0) is 6.54 Å². The van der Waals surface area contributed by atoms with Gasteiger partial charge in [-0.1, -0.05) is 27.7 Å². The topological polar surface area (TPSA) is 55.9 Å². The van der Waals surface area contributed by atoms with E-state index in [-0.39, 0.29) is 11.5 Å². The van der Waals surface area contributed by atoms with Crippen LogP contribution >= 0.6 is 0 Å². The van der Waals surface area contributed by atoms with Gasteiger partial charge in [0.05, 0.1) is 6.04 Å². The molecule has 1 atom stereocenters. The third-order valence-electron chi connectivity index (χ3n) is 3.33. The Kier molecular flexibility index (Phi) is 4.50. The molecule has 4 heteroatoms. The van der Waals surface area contributed by atoms with E-state index in [0.29, 0.717) is 0 Å². The van der Waals surface area contributed by atoms with Gasteiger partial charge in [0.25, 0.3) is 0 Å². The summed E-state index contributed by atoms with van der Waals surface area (Å²) in [5.41, 5.74) is 3.01. The van der Waals surface area contributed by atoms with Gasteiger partial charge in [0.2, 0.25) is 0 Å². The zero-order valence-electron chi connectivity index (χ0n) is 10.8. The Morgan fingerprint density at radius 1 is 1.50 bits per heavy atom. The summed E-state index contributed by atoms with van der Waals surface area (Å²) in [7, 11) is 0. The largest absolute Gasteiger partial charge is 0.334 e. The molecule has 92 valence electrons. The molecule has 0 saturated carbocycles. The van der Waals surface area contributed by atoms with E-state index >= 15 is 0 Å². The Hall–Kier alpha value is -0.870. The van der Waals surface area contributed by atoms with Crippen LogP contribution in [-0.4, -0.2) is 9.55 Å². The highest BCUT2D eigenvalue weighted by Crippen LogP contribution is 2.34. The molecule has 0 aliphatic heterocycles. The summed E-state index contributed by atoms with van der Waals surface area (Å²) in [6, 6.07) is 0.0963. The van der Waals surface area contributed by atoms with Crippen molar-refractivity contribution in [3.63, 3.8) is 0 Å². The summed E-state index contributed by atoms with van der Waals surface area (Å²) >= 11 is 0. The lowest BCUT2D eigenvalue weighted by molar-refractivity contribution is 0.221. The molecule has 0 fully saturated rings. The van der Waals surface area contributed by atoms with Gasteiger partial charge in [0.15, 0.2) is 0 Å². The highest BCUT2D eigenvalue weighted by Gasteiger charge is 2.31. The lowest BCUT2D eigenvalue weighted by atomic mass is 9.81. The van der Waals surface area contributed by atoms with E-state index in [4.69, 9.17) is 5.84 Å². The number of hydrogen-bond donors (Lipinski definition) is 2. The van der Waals surface area contributed by atoms with Crippen molar-refractivity contribution in [3.8, 4) is 0 Å². The third-order valence-corrected chi connectivity index (χ3v) is 3.33. The number of hydrogen-bond acceptors (Lipinski definition) is 3. The third kappa shape index (κ3) is 2.62. The van der Waals surface area contributed by atoms with Gasteiger partial charge in [0, 0.05) is 18.9 Å². The SMILES string of the molecule is CCCn1ccnc1C(NN)C(C)(C)CC. The first kappa shape index (κ1) is 13.2. The van der Waals surface area contributed by atoms with Crippen molar-refractivity contribution in [2.45, 2.75) is 53.1 Å². The normalized spacial score (nSPS) is 14.1. The van der Waals surface area contributed by atoms with Crippen LogP contribution in [0, 0.1) is 5.41 Å². The molecule has 3 N–H and O–H groups in total. The second-order valence-corrected chi connectivity index (χ2v) is 4.92. The van der Waals surface area contributed by atoms with Crippen LogP contribution in [0.3, 0.4) is 0 Å². The zero-order chi connectivity index (χ0) is 12.2. The van der Waals surface area contributed by atoms with Crippen LogP contribution in [0.15, 0.2) is 12.4 Å². The van der Waals surface area contributed by atoms with Gasteiger partial charge in [-0.15, -0.1) is 0 Å². The monoisotopic (exact) mass is 224 g/mol. The highest BCUT2D eigenvalue weighted by atomic mass is 15.3. The number of imidazole rings is 1. The van der Waals surface area contributed by atoms with Crippen molar-refractivity contribution >= 4 is 0 Å². The number of nitrogens with two attached hydrogens (primary N) is 1. The Morgan fingerprint density at radius 2 is 2.19 bits per heavy atom. The van der Waals surface area contributed by atoms with Crippen LogP contribution in [0.2, 0.25) is 0 Å². The van der Waals surface area contributed by atoms with E-state index in [1.807, 2.05) is 12.4 Å². The number of nitrogens with one attached hydrogen (secondary N) is 1. The Labute approximate surface area is 98.2 Å². The van der Waals surface area contributed by atoms with Crippen molar-refractivity contribution in [2.75, 3.05) is 0 Å². The number of aromatic nitrogens is 2. The van der Waals surface area contributed by atoms with Crippen LogP contribution in [0.5, 0.6) is 0 Å². The molecule has 0 aromatic carbocycles. The molecule has 1 aromatic rings. The second-order valence-electron chi connectivity index (χ2n) is 4.92. The van der Waals surface area contributed by atoms with Gasteiger partial charge in [-0.3, -0.25) is 5.84 Å². The molecule has 0 radical (unpaired) electrons. The van der Waals surface area contributed by atoms with Crippen LogP contribution < -0.4 is 11.3 Å². The minimum absolute atomic E-state index is 0.0963. The van der Waals surface area contributed by atoms with Gasteiger partial charge in [0.1, 0.15) is 5.82 Å². The van der Waals surface area contributed by atoms with Crippen molar-refractivity contribution in [2.24, 2.45) is 11.3 Å². The van der Waals surface area contributed by atoms with Crippen LogP contribution in [0.25, 0.3) is 0 Å². The highest BCUT2D eigenvalue weighted by molar-refractivity contribution is 5.04. The molecule has 0 amide bonds. The molecule has 0 saturated heterocycles. The van der Waals surface area contributed by atoms with Gasteiger partial charge in [-0.25, -0.2) is 10.4 Å². The Bertz CT molecular complexity index is 317. The second kappa shape index (κ2) is 5.46. The molecular formula is C12H24N4. The van der Waals surface area contributed by atoms with E-state index in [0.717, 1.165) is 25.2 Å². The molecule has 1 rings (SSSR count). The lowest BCUT2D eigenvalue weighted by Crippen LogP contribution is -2.39. The summed E-state index contributed by atoms with van der Waals surface area (Å²) in [5, 5.41) is 0. The smallest absolute Gasteiger partial charge is 0.127 e. The summed E-state index contributed by atoms with van der Waals surface area (Å²) in [5.74, 6) is 6.73. The summed E-state index contributed by atoms with van der Waals surface area (Å²) < 4.78 is 2.18. The fourth-order valence-corrected chi connectivity index (χ4v) is 1.86. The maximum absolute atomic E-state index is 5.69. The van der Waals surface area contributed by atoms with Gasteiger partial charge < -0.3 is 4.57 Å². The molecule has 0 bridgehead atoms. The number of nitrogens with zero attached hydrogens (tertiary/aromatic N) is 2. The maximum Gasteiger partial charge on any atom is 0.127 e. The lowest BCUT2D eigenvalue weighted by Gasteiger charge is -2.32. The minimum atomic E-state index is 0.0963. The first-order valence-corrected chi connectivity index (χ1v) is 6.04. The molecular weight excluding hydrogens is 200 g/mol. The molecule has 0 aliphatic carbocycles. The zero-order valence-corrected chi connectivity index (χ0v) is 10.8. The summed E-state index contributed by atoms with van der Waals surface area (Å²) in [4.78, 5) is 4.44. The number of rotatable bonds is 6.